The Hall–Kier alpha value is -1.67. The minimum atomic E-state index is -0.597. The van der Waals surface area contributed by atoms with E-state index in [1.807, 2.05) is 34.6 Å². The van der Waals surface area contributed by atoms with E-state index >= 15 is 0 Å². The first-order valence-electron chi connectivity index (χ1n) is 10.2. The molecule has 5 unspecified atom stereocenters. The summed E-state index contributed by atoms with van der Waals surface area (Å²) in [6.07, 6.45) is 0.0381. The molecule has 5 atom stereocenters. The van der Waals surface area contributed by atoms with Crippen LogP contribution in [0.3, 0.4) is 0 Å². The molecule has 1 heterocycles. The number of hydrogen-bond donors (Lipinski definition) is 0. The second kappa shape index (κ2) is 11.5. The van der Waals surface area contributed by atoms with Crippen LogP contribution in [0.1, 0.15) is 67.7 Å². The molecule has 29 heavy (non-hydrogen) atoms. The lowest BCUT2D eigenvalue weighted by atomic mass is 9.84. The Balaban J connectivity index is 2.53. The molecule has 168 valence electrons. The van der Waals surface area contributed by atoms with Crippen LogP contribution in [0.5, 0.6) is 0 Å². The Morgan fingerprint density at radius 1 is 0.966 bits per heavy atom. The van der Waals surface area contributed by atoms with Crippen LogP contribution >= 0.6 is 0 Å². The normalized spacial score (nSPS) is 27.2. The lowest BCUT2D eigenvalue weighted by Crippen LogP contribution is -2.53. The van der Waals surface area contributed by atoms with Gasteiger partial charge in [0.2, 0.25) is 0 Å². The van der Waals surface area contributed by atoms with Gasteiger partial charge in [-0.05, 0) is 33.6 Å². The second-order valence-corrected chi connectivity index (χ2v) is 8.55. The van der Waals surface area contributed by atoms with Gasteiger partial charge in [-0.15, -0.1) is 0 Å². The summed E-state index contributed by atoms with van der Waals surface area (Å²) < 4.78 is 27.6. The Kier molecular flexibility index (Phi) is 10.1. The summed E-state index contributed by atoms with van der Waals surface area (Å²) in [6.45, 7) is 12.5. The van der Waals surface area contributed by atoms with Gasteiger partial charge < -0.3 is 23.7 Å². The quantitative estimate of drug-likeness (QED) is 0.321. The maximum Gasteiger partial charge on any atom is 0.306 e. The second-order valence-electron chi connectivity index (χ2n) is 8.55. The fraction of sp³-hybridized carbons (Fsp3) is 0.857. The van der Waals surface area contributed by atoms with Crippen molar-refractivity contribution in [2.45, 2.75) is 91.8 Å². The number of esters is 3. The Bertz CT molecular complexity index is 553. The first-order valence-corrected chi connectivity index (χ1v) is 10.2. The SMILES string of the molecule is CC(=O)OCC1OC(OCCCCC(=O)OC(C)(C)C)C(C)C(C)C1OC(C)=O. The summed E-state index contributed by atoms with van der Waals surface area (Å²) in [6, 6.07) is 0. The lowest BCUT2D eigenvalue weighted by molar-refractivity contribution is -0.273. The van der Waals surface area contributed by atoms with Gasteiger partial charge >= 0.3 is 17.9 Å². The summed E-state index contributed by atoms with van der Waals surface area (Å²) in [4.78, 5) is 34.4. The highest BCUT2D eigenvalue weighted by Crippen LogP contribution is 2.33. The monoisotopic (exact) mass is 416 g/mol. The van der Waals surface area contributed by atoms with Gasteiger partial charge in [0.05, 0.1) is 0 Å². The van der Waals surface area contributed by atoms with Gasteiger partial charge in [0.15, 0.2) is 6.29 Å². The van der Waals surface area contributed by atoms with Crippen molar-refractivity contribution in [1.82, 2.24) is 0 Å². The molecule has 0 aromatic heterocycles. The molecule has 0 bridgehead atoms. The van der Waals surface area contributed by atoms with E-state index < -0.39 is 36.0 Å². The topological polar surface area (TPSA) is 97.4 Å². The highest BCUT2D eigenvalue weighted by Gasteiger charge is 2.44. The Morgan fingerprint density at radius 3 is 2.17 bits per heavy atom. The number of unbranched alkanes of at least 4 members (excludes halogenated alkanes) is 1. The summed E-state index contributed by atoms with van der Waals surface area (Å²) in [5.41, 5.74) is -0.482. The van der Waals surface area contributed by atoms with Crippen LogP contribution < -0.4 is 0 Å². The third-order valence-corrected chi connectivity index (χ3v) is 4.68. The van der Waals surface area contributed by atoms with Gasteiger partial charge in [0, 0.05) is 38.7 Å². The van der Waals surface area contributed by atoms with Gasteiger partial charge in [-0.1, -0.05) is 13.8 Å². The van der Waals surface area contributed by atoms with E-state index in [1.165, 1.54) is 13.8 Å². The molecule has 1 saturated heterocycles. The molecule has 0 spiro atoms. The van der Waals surface area contributed by atoms with Crippen molar-refractivity contribution in [2.24, 2.45) is 11.8 Å². The first kappa shape index (κ1) is 25.4. The molecule has 8 nitrogen and oxygen atoms in total. The van der Waals surface area contributed by atoms with Crippen molar-refractivity contribution >= 4 is 17.9 Å². The van der Waals surface area contributed by atoms with Crippen LogP contribution in [0.4, 0.5) is 0 Å². The minimum Gasteiger partial charge on any atom is -0.463 e. The highest BCUT2D eigenvalue weighted by atomic mass is 16.7. The molecule has 0 amide bonds. The Morgan fingerprint density at radius 2 is 1.62 bits per heavy atom. The first-order chi connectivity index (χ1) is 13.4. The van der Waals surface area contributed by atoms with E-state index in [0.29, 0.717) is 25.9 Å². The molecule has 0 saturated carbocycles. The maximum absolute atomic E-state index is 11.7. The third kappa shape index (κ3) is 9.58. The highest BCUT2D eigenvalue weighted by molar-refractivity contribution is 5.69. The number of ether oxygens (including phenoxy) is 5. The average Bonchev–Trinajstić information content (AvgIpc) is 2.57. The number of hydrogen-bond acceptors (Lipinski definition) is 8. The summed E-state index contributed by atoms with van der Waals surface area (Å²) in [5.74, 6) is -1.13. The van der Waals surface area contributed by atoms with E-state index in [9.17, 15) is 14.4 Å². The van der Waals surface area contributed by atoms with Gasteiger partial charge in [0.1, 0.15) is 24.4 Å². The zero-order valence-electron chi connectivity index (χ0n) is 18.7. The molecule has 0 aromatic rings. The maximum atomic E-state index is 11.7. The van der Waals surface area contributed by atoms with Gasteiger partial charge in [-0.3, -0.25) is 14.4 Å². The van der Waals surface area contributed by atoms with Crippen molar-refractivity contribution in [1.29, 1.82) is 0 Å². The summed E-state index contributed by atoms with van der Waals surface area (Å²) in [5, 5.41) is 0. The molecular weight excluding hydrogens is 380 g/mol. The van der Waals surface area contributed by atoms with Gasteiger partial charge in [0.25, 0.3) is 0 Å². The van der Waals surface area contributed by atoms with Crippen LogP contribution in [0, 0.1) is 11.8 Å². The molecule has 8 heteroatoms. The summed E-state index contributed by atoms with van der Waals surface area (Å²) in [7, 11) is 0. The molecule has 1 fully saturated rings. The van der Waals surface area contributed by atoms with Crippen molar-refractivity contribution < 1.29 is 38.1 Å². The van der Waals surface area contributed by atoms with E-state index in [2.05, 4.69) is 0 Å². The average molecular weight is 417 g/mol. The van der Waals surface area contributed by atoms with Crippen LogP contribution in [0.2, 0.25) is 0 Å². The fourth-order valence-corrected chi connectivity index (χ4v) is 3.12. The van der Waals surface area contributed by atoms with Crippen molar-refractivity contribution in [3.63, 3.8) is 0 Å². The standard InChI is InChI=1S/C21H36O8/c1-13-14(2)20(25-11-9-8-10-18(24)29-21(5,6)7)28-17(12-26-15(3)22)19(13)27-16(4)23/h13-14,17,19-20H,8-12H2,1-7H3. The molecule has 1 aliphatic heterocycles. The molecular formula is C21H36O8. The molecule has 0 N–H and O–H groups in total. The predicted octanol–water partition coefficient (Wildman–Crippen LogP) is 3.01. The smallest absolute Gasteiger partial charge is 0.306 e. The van der Waals surface area contributed by atoms with E-state index in [1.54, 1.807) is 0 Å². The van der Waals surface area contributed by atoms with E-state index in [0.717, 1.165) is 0 Å². The van der Waals surface area contributed by atoms with E-state index in [4.69, 9.17) is 23.7 Å². The van der Waals surface area contributed by atoms with Crippen LogP contribution in [-0.2, 0) is 38.1 Å². The number of rotatable bonds is 9. The van der Waals surface area contributed by atoms with Gasteiger partial charge in [-0.25, -0.2) is 0 Å². The summed E-state index contributed by atoms with van der Waals surface area (Å²) >= 11 is 0. The predicted molar refractivity (Wildman–Crippen MR) is 105 cm³/mol. The number of carbonyl (C=O) groups excluding carboxylic acids is 3. The van der Waals surface area contributed by atoms with Crippen molar-refractivity contribution in [2.75, 3.05) is 13.2 Å². The Labute approximate surface area is 173 Å². The third-order valence-electron chi connectivity index (χ3n) is 4.68. The molecule has 0 radical (unpaired) electrons. The lowest BCUT2D eigenvalue weighted by Gasteiger charge is -2.43. The molecule has 1 aliphatic rings. The molecule has 0 aromatic carbocycles. The number of carbonyl (C=O) groups is 3. The van der Waals surface area contributed by atoms with Crippen LogP contribution in [0.15, 0.2) is 0 Å². The zero-order chi connectivity index (χ0) is 22.2. The largest absolute Gasteiger partial charge is 0.463 e. The fourth-order valence-electron chi connectivity index (χ4n) is 3.12. The molecule has 1 rings (SSSR count). The van der Waals surface area contributed by atoms with Crippen LogP contribution in [0.25, 0.3) is 0 Å². The van der Waals surface area contributed by atoms with Crippen LogP contribution in [-0.4, -0.2) is 55.2 Å². The van der Waals surface area contributed by atoms with Gasteiger partial charge in [-0.2, -0.15) is 0 Å². The zero-order valence-corrected chi connectivity index (χ0v) is 18.7. The van der Waals surface area contributed by atoms with E-state index in [-0.39, 0.29) is 24.4 Å². The van der Waals surface area contributed by atoms with Crippen molar-refractivity contribution in [3.05, 3.63) is 0 Å². The minimum absolute atomic E-state index is 0.0111. The van der Waals surface area contributed by atoms with Crippen molar-refractivity contribution in [3.8, 4) is 0 Å². The molecule has 0 aliphatic carbocycles.